The molecule has 0 radical (unpaired) electrons. The van der Waals surface area contributed by atoms with E-state index in [4.69, 9.17) is 15.4 Å². The van der Waals surface area contributed by atoms with Crippen LogP contribution in [-0.2, 0) is 40.2 Å². The van der Waals surface area contributed by atoms with Gasteiger partial charge in [0.1, 0.15) is 0 Å². The second kappa shape index (κ2) is 29.0. The maximum atomic E-state index is 11.5. The Morgan fingerprint density at radius 1 is 0.618 bits per heavy atom. The molecule has 15 nitrogen and oxygen atoms in total. The predicted molar refractivity (Wildman–Crippen MR) is 223 cm³/mol. The summed E-state index contributed by atoms with van der Waals surface area (Å²) in [4.78, 5) is 63.4. The molecule has 0 bridgehead atoms. The van der Waals surface area contributed by atoms with Gasteiger partial charge in [-0.15, -0.1) is 0 Å². The third kappa shape index (κ3) is 19.9. The molecule has 0 fully saturated rings. The van der Waals surface area contributed by atoms with Gasteiger partial charge in [0, 0.05) is 89.8 Å². The van der Waals surface area contributed by atoms with Gasteiger partial charge in [-0.25, -0.2) is 4.98 Å². The minimum atomic E-state index is -0.431. The first-order valence-corrected chi connectivity index (χ1v) is 16.7. The monoisotopic (exact) mass is 943 g/mol. The van der Waals surface area contributed by atoms with Crippen LogP contribution in [0.15, 0.2) is 8.83 Å². The van der Waals surface area contributed by atoms with Gasteiger partial charge in [-0.1, -0.05) is 13.2 Å². The fourth-order valence-corrected chi connectivity index (χ4v) is 4.27. The van der Waals surface area contributed by atoms with Crippen molar-refractivity contribution in [2.75, 3.05) is 42.3 Å². The topological polar surface area (TPSA) is 190 Å². The van der Waals surface area contributed by atoms with Crippen LogP contribution in [-0.4, -0.2) is 138 Å². The largest absolute Gasteiger partial charge is 2.00 e. The van der Waals surface area contributed by atoms with Crippen molar-refractivity contribution in [3.63, 3.8) is 0 Å². The van der Waals surface area contributed by atoms with Gasteiger partial charge in [-0.2, -0.15) is 4.85 Å². The van der Waals surface area contributed by atoms with Crippen LogP contribution in [0.5, 0.6) is 0 Å². The smallest absolute Gasteiger partial charge is 1.00 e. The molecule has 4 N–H and O–H groups in total. The number of carbonyl (C=O) groups is 4. The summed E-state index contributed by atoms with van der Waals surface area (Å²) in [6.07, 6.45) is 2.58. The Hall–Kier alpha value is -3.26. The Bertz CT molecular complexity index is 1340. The number of hydrogen-bond acceptors (Lipinski definition) is 10. The van der Waals surface area contributed by atoms with Crippen LogP contribution in [0.3, 0.4) is 0 Å². The molecule has 0 atom stereocenters. The zero-order valence-corrected chi connectivity index (χ0v) is 41.0. The third-order valence-electron chi connectivity index (χ3n) is 9.89. The van der Waals surface area contributed by atoms with Gasteiger partial charge < -0.3 is 50.6 Å². The number of carbonyl (C=O) groups excluding carboxylic acids is 4. The Labute approximate surface area is 360 Å². The van der Waals surface area contributed by atoms with Crippen molar-refractivity contribution in [2.45, 2.75) is 133 Å². The van der Waals surface area contributed by atoms with Crippen LogP contribution in [0.2, 0.25) is 0 Å². The summed E-state index contributed by atoms with van der Waals surface area (Å²) in [6, 6.07) is 0. The molecule has 0 aliphatic rings. The fourth-order valence-electron chi connectivity index (χ4n) is 4.27. The summed E-state index contributed by atoms with van der Waals surface area (Å²) in [6.45, 7) is 35.6. The summed E-state index contributed by atoms with van der Waals surface area (Å²) in [7, 11) is 10.0. The number of nitrogens with two attached hydrogens (primary N) is 2. The summed E-state index contributed by atoms with van der Waals surface area (Å²) in [5.74, 6) is 1.51. The summed E-state index contributed by atoms with van der Waals surface area (Å²) in [5, 5.41) is 0. The van der Waals surface area contributed by atoms with E-state index in [0.717, 1.165) is 5.69 Å². The molecule has 4 amide bonds. The van der Waals surface area contributed by atoms with E-state index in [1.807, 2.05) is 62.3 Å². The van der Waals surface area contributed by atoms with Crippen LogP contribution in [0.4, 0.5) is 5.88 Å². The first-order valence-electron chi connectivity index (χ1n) is 16.7. The van der Waals surface area contributed by atoms with Crippen molar-refractivity contribution in [3.8, 4) is 0 Å². The first kappa shape index (κ1) is 66.5. The Balaban J connectivity index is -0.0000000559. The van der Waals surface area contributed by atoms with Crippen molar-refractivity contribution in [1.82, 2.24) is 29.6 Å². The molecule has 2 heterocycles. The molecule has 314 valence electrons. The van der Waals surface area contributed by atoms with Gasteiger partial charge in [0.2, 0.25) is 23.6 Å². The molecule has 0 saturated carbocycles. The van der Waals surface area contributed by atoms with Crippen molar-refractivity contribution in [3.05, 3.63) is 40.8 Å². The summed E-state index contributed by atoms with van der Waals surface area (Å²) >= 11 is 0. The number of rotatable bonds is 6. The fraction of sp³-hybridized carbons (Fsp3) is 0.703. The van der Waals surface area contributed by atoms with Gasteiger partial charge in [0.25, 0.3) is 0 Å². The zero-order chi connectivity index (χ0) is 42.7. The van der Waals surface area contributed by atoms with Crippen molar-refractivity contribution < 1.29 is 54.8 Å². The maximum absolute atomic E-state index is 11.5. The summed E-state index contributed by atoms with van der Waals surface area (Å²) in [5.41, 5.74) is 8.76. The molecular weight excluding hydrogens is 868 g/mol. The molecule has 0 aliphatic heterocycles. The molecule has 0 unspecified atom stereocenters. The summed E-state index contributed by atoms with van der Waals surface area (Å²) < 4.78 is 9.63. The predicted octanol–water partition coefficient (Wildman–Crippen LogP) is 4.77. The second-order valence-electron chi connectivity index (χ2n) is 13.7. The number of hydrogen-bond donors (Lipinski definition) is 2. The quantitative estimate of drug-likeness (QED) is 0.302. The molecule has 2 rings (SSSR count). The van der Waals surface area contributed by atoms with Gasteiger partial charge in [-0.3, -0.25) is 19.2 Å². The van der Waals surface area contributed by atoms with Crippen LogP contribution in [0, 0.1) is 40.5 Å². The standard InChI is InChI=1S/2C12H24N2O2.C6H6N2O.C5H6NO.2CH5N.2Be.W.4H/c2*1-9(15)13(7)11(3,4)12(5,6)14(8)10(2)16;1-4-6(7-3)9-5(2)8-4;1-4-3-7-5(2)6-4;2*1-2;;;;;;;/h2*1-8H3;1-2H3;1-2H3;2*2H2,1H3;;;;;;;/q;;;-1;;;2*+2;;4*-1. The molecule has 2 aromatic heterocycles. The van der Waals surface area contributed by atoms with E-state index in [9.17, 15) is 19.2 Å². The van der Waals surface area contributed by atoms with E-state index in [-0.39, 0.29) is 70.6 Å². The zero-order valence-electron chi connectivity index (χ0n) is 42.1. The average molecular weight is 943 g/mol. The number of aromatic nitrogens is 2. The van der Waals surface area contributed by atoms with Crippen LogP contribution >= 0.6 is 0 Å². The molecule has 0 spiro atoms. The third-order valence-corrected chi connectivity index (χ3v) is 9.89. The number of amides is 4. The van der Waals surface area contributed by atoms with Crippen LogP contribution < -0.4 is 11.5 Å². The number of nitrogens with zero attached hydrogens (tertiary/aromatic N) is 7. The van der Waals surface area contributed by atoms with E-state index in [2.05, 4.69) is 32.5 Å². The molecule has 0 saturated heterocycles. The number of likely N-dealkylation sites (N-methyl/N-ethyl adjacent to an activating group) is 4. The maximum Gasteiger partial charge on any atom is 2.00 e. The Morgan fingerprint density at radius 3 is 0.964 bits per heavy atom. The van der Waals surface area contributed by atoms with Crippen molar-refractivity contribution in [1.29, 1.82) is 0 Å². The molecule has 18 heteroatoms. The minimum Gasteiger partial charge on any atom is -1.00 e. The normalized spacial score (nSPS) is 10.0. The van der Waals surface area contributed by atoms with Gasteiger partial charge in [0.05, 0.1) is 34.4 Å². The van der Waals surface area contributed by atoms with Crippen molar-refractivity contribution in [2.24, 2.45) is 11.5 Å². The van der Waals surface area contributed by atoms with Crippen molar-refractivity contribution >= 4 is 49.8 Å². The van der Waals surface area contributed by atoms with Gasteiger partial charge in [-0.05, 0) is 89.0 Å². The average Bonchev–Trinajstić information content (AvgIpc) is 3.62. The minimum absolute atomic E-state index is 0. The van der Waals surface area contributed by atoms with Crippen LogP contribution in [0.1, 0.15) is 112 Å². The van der Waals surface area contributed by atoms with E-state index in [1.165, 1.54) is 41.8 Å². The SMILES string of the molecule is CC(=O)N(C)C(C)(C)C(C)(C)N(C)C(C)=O.CC(=O)N(C)C(C)(C)C(C)(C)N(C)C(C)=O.CN.CN.Cc1[c-]oc(C)n1.[Be+2].[Be+2].[C-]#[N+]c1oc(C)nc1C.[H-].[H-].[H-].[H-].[W]. The van der Waals surface area contributed by atoms with E-state index in [1.54, 1.807) is 68.6 Å². The molecule has 0 aromatic carbocycles. The van der Waals surface area contributed by atoms with Gasteiger partial charge in [0.15, 0.2) is 5.89 Å². The number of oxazole rings is 2. The molecule has 0 aliphatic carbocycles. The Kier molecular flexibility index (Phi) is 35.1. The Morgan fingerprint density at radius 2 is 0.873 bits per heavy atom. The number of aryl methyl sites for hydroxylation is 4. The molecule has 2 aromatic rings. The van der Waals surface area contributed by atoms with Gasteiger partial charge >= 0.3 is 26.1 Å². The van der Waals surface area contributed by atoms with E-state index < -0.39 is 22.2 Å². The van der Waals surface area contributed by atoms with Crippen LogP contribution in [0.25, 0.3) is 4.85 Å². The second-order valence-corrected chi connectivity index (χ2v) is 13.7. The van der Waals surface area contributed by atoms with E-state index in [0.29, 0.717) is 23.4 Å². The first-order chi connectivity index (χ1) is 23.4. The van der Waals surface area contributed by atoms with E-state index >= 15 is 0 Å². The molecule has 55 heavy (non-hydrogen) atoms. The molecular formula is C37H74Be2N9O6W-.